The molecule has 1 saturated carbocycles. The van der Waals surface area contributed by atoms with Crippen LogP contribution in [0, 0.1) is 5.92 Å². The summed E-state index contributed by atoms with van der Waals surface area (Å²) in [6.45, 7) is 0. The summed E-state index contributed by atoms with van der Waals surface area (Å²) < 4.78 is 48.7. The largest absolute Gasteiger partial charge is 0.493 e. The number of nitrogens with two attached hydrogens (primary N) is 1. The molecule has 0 saturated heterocycles. The summed E-state index contributed by atoms with van der Waals surface area (Å²) >= 11 is 0. The summed E-state index contributed by atoms with van der Waals surface area (Å²) in [6, 6.07) is 5.01. The van der Waals surface area contributed by atoms with Gasteiger partial charge in [-0.3, -0.25) is 0 Å². The van der Waals surface area contributed by atoms with E-state index in [1.54, 1.807) is 18.2 Å². The topological polar surface area (TPSA) is 44.5 Å². The third-order valence-corrected chi connectivity index (χ3v) is 3.62. The lowest BCUT2D eigenvalue weighted by Crippen LogP contribution is -2.31. The van der Waals surface area contributed by atoms with Gasteiger partial charge in [0.2, 0.25) is 0 Å². The second kappa shape index (κ2) is 5.81. The number of ether oxygens (including phenoxy) is 2. The van der Waals surface area contributed by atoms with E-state index >= 15 is 0 Å². The van der Waals surface area contributed by atoms with Crippen molar-refractivity contribution in [3.8, 4) is 11.5 Å². The van der Waals surface area contributed by atoms with Crippen molar-refractivity contribution in [2.75, 3.05) is 12.8 Å². The highest BCUT2D eigenvalue weighted by Crippen LogP contribution is 2.39. The Balaban J connectivity index is 1.97. The zero-order valence-corrected chi connectivity index (χ0v) is 11.2. The number of halogens is 3. The van der Waals surface area contributed by atoms with E-state index in [-0.39, 0.29) is 18.9 Å². The SMILES string of the molecule is COc1ccc(N)cc1OC1CCC(C(F)(F)F)CC1. The molecule has 0 atom stereocenters. The van der Waals surface area contributed by atoms with Gasteiger partial charge in [0.1, 0.15) is 0 Å². The molecule has 3 nitrogen and oxygen atoms in total. The molecule has 0 aliphatic heterocycles. The number of hydrogen-bond donors (Lipinski definition) is 1. The van der Waals surface area contributed by atoms with Gasteiger partial charge in [0.15, 0.2) is 11.5 Å². The van der Waals surface area contributed by atoms with E-state index in [9.17, 15) is 13.2 Å². The number of hydrogen-bond acceptors (Lipinski definition) is 3. The minimum atomic E-state index is -4.10. The Morgan fingerprint density at radius 1 is 1.10 bits per heavy atom. The first-order chi connectivity index (χ1) is 9.40. The molecule has 0 bridgehead atoms. The number of alkyl halides is 3. The Hall–Kier alpha value is -1.59. The van der Waals surface area contributed by atoms with E-state index in [0.29, 0.717) is 30.0 Å². The van der Waals surface area contributed by atoms with E-state index < -0.39 is 12.1 Å². The summed E-state index contributed by atoms with van der Waals surface area (Å²) in [5, 5.41) is 0. The van der Waals surface area contributed by atoms with Gasteiger partial charge in [0.25, 0.3) is 0 Å². The first-order valence-electron chi connectivity index (χ1n) is 6.57. The molecule has 1 aliphatic rings. The fourth-order valence-corrected chi connectivity index (χ4v) is 2.47. The smallest absolute Gasteiger partial charge is 0.391 e. The zero-order chi connectivity index (χ0) is 14.8. The van der Waals surface area contributed by atoms with Crippen molar-refractivity contribution in [2.24, 2.45) is 5.92 Å². The van der Waals surface area contributed by atoms with Gasteiger partial charge in [0.05, 0.1) is 19.1 Å². The summed E-state index contributed by atoms with van der Waals surface area (Å²) in [5.41, 5.74) is 6.21. The van der Waals surface area contributed by atoms with Crippen molar-refractivity contribution >= 4 is 5.69 Å². The van der Waals surface area contributed by atoms with Crippen LogP contribution in [0.15, 0.2) is 18.2 Å². The first-order valence-corrected chi connectivity index (χ1v) is 6.57. The molecular formula is C14H18F3NO2. The second-order valence-electron chi connectivity index (χ2n) is 5.04. The Morgan fingerprint density at radius 2 is 1.75 bits per heavy atom. The van der Waals surface area contributed by atoms with Gasteiger partial charge < -0.3 is 15.2 Å². The van der Waals surface area contributed by atoms with E-state index in [4.69, 9.17) is 15.2 Å². The maximum atomic E-state index is 12.6. The Labute approximate surface area is 115 Å². The van der Waals surface area contributed by atoms with E-state index in [2.05, 4.69) is 0 Å². The molecule has 2 rings (SSSR count). The zero-order valence-electron chi connectivity index (χ0n) is 11.2. The summed E-state index contributed by atoms with van der Waals surface area (Å²) in [7, 11) is 1.51. The third-order valence-electron chi connectivity index (χ3n) is 3.62. The van der Waals surface area contributed by atoms with Crippen LogP contribution in [0.3, 0.4) is 0 Å². The van der Waals surface area contributed by atoms with Gasteiger partial charge in [-0.1, -0.05) is 0 Å². The van der Waals surface area contributed by atoms with Crippen molar-refractivity contribution in [1.82, 2.24) is 0 Å². The number of nitrogen functional groups attached to an aromatic ring is 1. The lowest BCUT2D eigenvalue weighted by Gasteiger charge is -2.30. The Morgan fingerprint density at radius 3 is 2.30 bits per heavy atom. The predicted molar refractivity (Wildman–Crippen MR) is 69.8 cm³/mol. The highest BCUT2D eigenvalue weighted by Gasteiger charge is 2.41. The van der Waals surface area contributed by atoms with Crippen molar-refractivity contribution in [2.45, 2.75) is 38.0 Å². The molecule has 0 heterocycles. The molecule has 1 aromatic rings. The van der Waals surface area contributed by atoms with Crippen LogP contribution in [0.2, 0.25) is 0 Å². The fraction of sp³-hybridized carbons (Fsp3) is 0.571. The summed E-state index contributed by atoms with van der Waals surface area (Å²) in [5.74, 6) is -0.176. The monoisotopic (exact) mass is 289 g/mol. The van der Waals surface area contributed by atoms with Gasteiger partial charge in [-0.2, -0.15) is 13.2 Å². The van der Waals surface area contributed by atoms with E-state index in [1.165, 1.54) is 7.11 Å². The van der Waals surface area contributed by atoms with Gasteiger partial charge in [0, 0.05) is 11.8 Å². The number of benzene rings is 1. The highest BCUT2D eigenvalue weighted by molar-refractivity contribution is 5.52. The van der Waals surface area contributed by atoms with Crippen LogP contribution in [0.25, 0.3) is 0 Å². The quantitative estimate of drug-likeness (QED) is 0.861. The normalized spacial score (nSPS) is 23.4. The first kappa shape index (κ1) is 14.8. The van der Waals surface area contributed by atoms with Crippen LogP contribution in [0.1, 0.15) is 25.7 Å². The molecule has 112 valence electrons. The van der Waals surface area contributed by atoms with Crippen LogP contribution >= 0.6 is 0 Å². The molecule has 1 aromatic carbocycles. The van der Waals surface area contributed by atoms with Crippen molar-refractivity contribution < 1.29 is 22.6 Å². The number of anilines is 1. The molecule has 1 aliphatic carbocycles. The minimum Gasteiger partial charge on any atom is -0.493 e. The average Bonchev–Trinajstić information content (AvgIpc) is 2.38. The minimum absolute atomic E-state index is 0.110. The lowest BCUT2D eigenvalue weighted by molar-refractivity contribution is -0.185. The number of rotatable bonds is 3. The molecule has 0 spiro atoms. The maximum absolute atomic E-state index is 12.6. The van der Waals surface area contributed by atoms with Crippen LogP contribution in [-0.4, -0.2) is 19.4 Å². The second-order valence-corrected chi connectivity index (χ2v) is 5.04. The van der Waals surface area contributed by atoms with Crippen molar-refractivity contribution in [3.05, 3.63) is 18.2 Å². The van der Waals surface area contributed by atoms with E-state index in [0.717, 1.165) is 0 Å². The maximum Gasteiger partial charge on any atom is 0.391 e. The Bertz CT molecular complexity index is 454. The summed E-state index contributed by atoms with van der Waals surface area (Å²) in [4.78, 5) is 0. The van der Waals surface area contributed by atoms with Crippen LogP contribution in [-0.2, 0) is 0 Å². The van der Waals surface area contributed by atoms with Gasteiger partial charge >= 0.3 is 6.18 Å². The van der Waals surface area contributed by atoms with Gasteiger partial charge in [-0.25, -0.2) is 0 Å². The average molecular weight is 289 g/mol. The molecular weight excluding hydrogens is 271 g/mol. The third kappa shape index (κ3) is 3.49. The standard InChI is InChI=1S/C14H18F3NO2/c1-19-12-7-4-10(18)8-13(12)20-11-5-2-9(3-6-11)14(15,16)17/h4,7-9,11H,2-3,5-6,18H2,1H3. The molecule has 2 N–H and O–H groups in total. The fourth-order valence-electron chi connectivity index (χ4n) is 2.47. The predicted octanol–water partition coefficient (Wildman–Crippen LogP) is 3.78. The molecule has 6 heteroatoms. The number of methoxy groups -OCH3 is 1. The van der Waals surface area contributed by atoms with Crippen LogP contribution in [0.5, 0.6) is 11.5 Å². The summed E-state index contributed by atoms with van der Waals surface area (Å²) in [6.07, 6.45) is -3.31. The molecule has 20 heavy (non-hydrogen) atoms. The van der Waals surface area contributed by atoms with Gasteiger partial charge in [-0.05, 0) is 37.8 Å². The molecule has 0 radical (unpaired) electrons. The van der Waals surface area contributed by atoms with Crippen molar-refractivity contribution in [3.63, 3.8) is 0 Å². The molecule has 0 amide bonds. The molecule has 1 fully saturated rings. The molecule has 0 aromatic heterocycles. The molecule has 0 unspecified atom stereocenters. The van der Waals surface area contributed by atoms with Gasteiger partial charge in [-0.15, -0.1) is 0 Å². The van der Waals surface area contributed by atoms with E-state index in [1.807, 2.05) is 0 Å². The van der Waals surface area contributed by atoms with Crippen molar-refractivity contribution in [1.29, 1.82) is 0 Å². The Kier molecular flexibility index (Phi) is 4.30. The van der Waals surface area contributed by atoms with Crippen LogP contribution in [0.4, 0.5) is 18.9 Å². The van der Waals surface area contributed by atoms with Crippen LogP contribution < -0.4 is 15.2 Å². The lowest BCUT2D eigenvalue weighted by atomic mass is 9.87. The highest BCUT2D eigenvalue weighted by atomic mass is 19.4.